The Labute approximate surface area is 169 Å². The highest BCUT2D eigenvalue weighted by atomic mass is 16.5. The lowest BCUT2D eigenvalue weighted by molar-refractivity contribution is -0.137. The van der Waals surface area contributed by atoms with Crippen molar-refractivity contribution in [2.75, 3.05) is 35.0 Å². The fourth-order valence-electron chi connectivity index (χ4n) is 3.32. The maximum atomic E-state index is 11.8. The summed E-state index contributed by atoms with van der Waals surface area (Å²) < 4.78 is 26.9. The first-order valence-electron chi connectivity index (χ1n) is 9.15. The Morgan fingerprint density at radius 1 is 0.759 bits per heavy atom. The van der Waals surface area contributed by atoms with Gasteiger partial charge in [-0.25, -0.2) is 4.79 Å². The van der Waals surface area contributed by atoms with Crippen molar-refractivity contribution in [1.82, 2.24) is 0 Å². The summed E-state index contributed by atoms with van der Waals surface area (Å²) in [5.41, 5.74) is 0.841. The van der Waals surface area contributed by atoms with Crippen LogP contribution in [0.1, 0.15) is 12.5 Å². The Kier molecular flexibility index (Phi) is 6.12. The van der Waals surface area contributed by atoms with E-state index in [-0.39, 0.29) is 0 Å². The normalized spacial score (nSPS) is 11.1. The minimum Gasteiger partial charge on any atom is -0.493 e. The highest BCUT2D eigenvalue weighted by Gasteiger charge is 2.14. The molecule has 6 heteroatoms. The van der Waals surface area contributed by atoms with Gasteiger partial charge in [0.05, 0.1) is 35.0 Å². The van der Waals surface area contributed by atoms with Gasteiger partial charge in [0.1, 0.15) is 0 Å². The molecule has 3 aromatic carbocycles. The number of rotatable bonds is 7. The van der Waals surface area contributed by atoms with Crippen LogP contribution in [0.2, 0.25) is 0 Å². The molecule has 0 heterocycles. The predicted molar refractivity (Wildman–Crippen MR) is 113 cm³/mol. The van der Waals surface area contributed by atoms with Crippen molar-refractivity contribution >= 4 is 33.6 Å². The molecule has 0 spiro atoms. The van der Waals surface area contributed by atoms with Crippen LogP contribution < -0.4 is 18.9 Å². The second-order valence-electron chi connectivity index (χ2n) is 6.23. The molecule has 0 fully saturated rings. The van der Waals surface area contributed by atoms with Crippen LogP contribution in [0.15, 0.2) is 36.4 Å². The molecule has 0 saturated carbocycles. The number of ether oxygens (including phenoxy) is 5. The summed E-state index contributed by atoms with van der Waals surface area (Å²) in [5.74, 6) is 2.08. The third-order valence-electron chi connectivity index (χ3n) is 4.68. The van der Waals surface area contributed by atoms with Gasteiger partial charge in [0.15, 0.2) is 23.0 Å². The molecule has 0 aliphatic carbocycles. The van der Waals surface area contributed by atoms with Gasteiger partial charge < -0.3 is 23.7 Å². The van der Waals surface area contributed by atoms with E-state index in [1.165, 1.54) is 6.08 Å². The Morgan fingerprint density at radius 2 is 1.28 bits per heavy atom. The molecule has 0 bridgehead atoms. The Balaban J connectivity index is 2.36. The van der Waals surface area contributed by atoms with Crippen LogP contribution in [0.3, 0.4) is 0 Å². The van der Waals surface area contributed by atoms with Crippen LogP contribution in [0.5, 0.6) is 23.0 Å². The Morgan fingerprint density at radius 3 is 1.83 bits per heavy atom. The van der Waals surface area contributed by atoms with Crippen molar-refractivity contribution < 1.29 is 28.5 Å². The average Bonchev–Trinajstić information content (AvgIpc) is 2.75. The summed E-state index contributed by atoms with van der Waals surface area (Å²) in [7, 11) is 6.39. The number of benzene rings is 3. The molecule has 3 rings (SSSR count). The Hall–Kier alpha value is -3.41. The molecular formula is C23H24O6. The van der Waals surface area contributed by atoms with Crippen LogP contribution >= 0.6 is 0 Å². The van der Waals surface area contributed by atoms with Crippen LogP contribution in [-0.4, -0.2) is 41.0 Å². The van der Waals surface area contributed by atoms with Crippen molar-refractivity contribution in [3.05, 3.63) is 42.0 Å². The van der Waals surface area contributed by atoms with Gasteiger partial charge in [-0.15, -0.1) is 0 Å². The number of hydrogen-bond donors (Lipinski definition) is 0. The highest BCUT2D eigenvalue weighted by Crippen LogP contribution is 2.41. The summed E-state index contributed by atoms with van der Waals surface area (Å²) in [6.07, 6.45) is 3.16. The first-order valence-corrected chi connectivity index (χ1v) is 9.15. The minimum absolute atomic E-state index is 0.323. The molecule has 0 aliphatic rings. The standard InChI is InChI=1S/C23H24O6/c1-6-29-23(24)8-7-14-9-15-10-19(25-2)20(26-3)12-17(15)18-13-22(28-5)21(27-4)11-16(14)18/h7-13H,6H2,1-5H3. The topological polar surface area (TPSA) is 63.2 Å². The molecule has 29 heavy (non-hydrogen) atoms. The number of methoxy groups -OCH3 is 4. The van der Waals surface area contributed by atoms with Crippen molar-refractivity contribution in [1.29, 1.82) is 0 Å². The quantitative estimate of drug-likeness (QED) is 0.330. The van der Waals surface area contributed by atoms with E-state index >= 15 is 0 Å². The van der Waals surface area contributed by atoms with Crippen LogP contribution in [0.25, 0.3) is 27.6 Å². The Bertz CT molecular complexity index is 1080. The molecule has 0 N–H and O–H groups in total. The molecule has 3 aromatic rings. The van der Waals surface area contributed by atoms with Crippen molar-refractivity contribution in [3.8, 4) is 23.0 Å². The van der Waals surface area contributed by atoms with E-state index in [0.717, 1.165) is 27.1 Å². The number of fused-ring (bicyclic) bond motifs is 3. The van der Waals surface area contributed by atoms with Gasteiger partial charge in [0, 0.05) is 6.08 Å². The van der Waals surface area contributed by atoms with E-state index in [0.29, 0.717) is 29.6 Å². The largest absolute Gasteiger partial charge is 0.493 e. The molecule has 0 unspecified atom stereocenters. The molecule has 0 aromatic heterocycles. The van der Waals surface area contributed by atoms with Gasteiger partial charge in [0.2, 0.25) is 0 Å². The number of hydrogen-bond acceptors (Lipinski definition) is 6. The summed E-state index contributed by atoms with van der Waals surface area (Å²) >= 11 is 0. The first kappa shape index (κ1) is 20.3. The van der Waals surface area contributed by atoms with E-state index < -0.39 is 5.97 Å². The van der Waals surface area contributed by atoms with Crippen molar-refractivity contribution in [2.24, 2.45) is 0 Å². The maximum Gasteiger partial charge on any atom is 0.330 e. The maximum absolute atomic E-state index is 11.8. The molecular weight excluding hydrogens is 372 g/mol. The minimum atomic E-state index is -0.395. The molecule has 0 atom stereocenters. The molecule has 0 radical (unpaired) electrons. The van der Waals surface area contributed by atoms with E-state index in [9.17, 15) is 4.79 Å². The van der Waals surface area contributed by atoms with Crippen LogP contribution in [0.4, 0.5) is 0 Å². The third-order valence-corrected chi connectivity index (χ3v) is 4.68. The second kappa shape index (κ2) is 8.73. The lowest BCUT2D eigenvalue weighted by Gasteiger charge is -2.15. The van der Waals surface area contributed by atoms with Crippen molar-refractivity contribution in [3.63, 3.8) is 0 Å². The SMILES string of the molecule is CCOC(=O)C=Cc1cc2cc(OC)c(OC)cc2c2cc(OC)c(OC)cc12. The van der Waals surface area contributed by atoms with Gasteiger partial charge in [-0.2, -0.15) is 0 Å². The lowest BCUT2D eigenvalue weighted by Crippen LogP contribution is -1.99. The van der Waals surface area contributed by atoms with E-state index in [4.69, 9.17) is 23.7 Å². The first-order chi connectivity index (χ1) is 14.1. The zero-order valence-electron chi connectivity index (χ0n) is 17.2. The van der Waals surface area contributed by atoms with Gasteiger partial charge >= 0.3 is 5.97 Å². The van der Waals surface area contributed by atoms with Gasteiger partial charge in [-0.05, 0) is 70.4 Å². The average molecular weight is 396 g/mol. The zero-order chi connectivity index (χ0) is 21.0. The molecule has 152 valence electrons. The monoisotopic (exact) mass is 396 g/mol. The number of carbonyl (C=O) groups excluding carboxylic acids is 1. The fourth-order valence-corrected chi connectivity index (χ4v) is 3.32. The number of esters is 1. The lowest BCUT2D eigenvalue weighted by atomic mass is 9.95. The van der Waals surface area contributed by atoms with Gasteiger partial charge in [-0.3, -0.25) is 0 Å². The van der Waals surface area contributed by atoms with Crippen LogP contribution in [0, 0.1) is 0 Å². The molecule has 0 amide bonds. The predicted octanol–water partition coefficient (Wildman–Crippen LogP) is 4.60. The molecule has 0 saturated heterocycles. The second-order valence-corrected chi connectivity index (χ2v) is 6.23. The number of carbonyl (C=O) groups is 1. The summed E-state index contributed by atoms with van der Waals surface area (Å²) in [6.45, 7) is 2.09. The molecule has 0 aliphatic heterocycles. The van der Waals surface area contributed by atoms with E-state index in [1.54, 1.807) is 41.4 Å². The van der Waals surface area contributed by atoms with E-state index in [1.807, 2.05) is 30.3 Å². The van der Waals surface area contributed by atoms with E-state index in [2.05, 4.69) is 0 Å². The third kappa shape index (κ3) is 3.92. The summed E-state index contributed by atoms with van der Waals surface area (Å²) in [5, 5.41) is 3.74. The fraction of sp³-hybridized carbons (Fsp3) is 0.261. The van der Waals surface area contributed by atoms with Crippen LogP contribution in [-0.2, 0) is 9.53 Å². The summed E-state index contributed by atoms with van der Waals surface area (Å²) in [6, 6.07) is 9.65. The smallest absolute Gasteiger partial charge is 0.330 e. The zero-order valence-corrected chi connectivity index (χ0v) is 17.2. The van der Waals surface area contributed by atoms with Gasteiger partial charge in [0.25, 0.3) is 0 Å². The van der Waals surface area contributed by atoms with Gasteiger partial charge in [-0.1, -0.05) is 0 Å². The highest BCUT2D eigenvalue weighted by molar-refractivity contribution is 6.13. The summed E-state index contributed by atoms with van der Waals surface area (Å²) in [4.78, 5) is 11.8. The van der Waals surface area contributed by atoms with Crippen molar-refractivity contribution in [2.45, 2.75) is 6.92 Å². The molecule has 6 nitrogen and oxygen atoms in total.